The van der Waals surface area contributed by atoms with Gasteiger partial charge in [-0.25, -0.2) is 0 Å². The summed E-state index contributed by atoms with van der Waals surface area (Å²) in [6.07, 6.45) is 0.610. The van der Waals surface area contributed by atoms with E-state index < -0.39 is 0 Å². The van der Waals surface area contributed by atoms with Crippen LogP contribution < -0.4 is 4.74 Å². The van der Waals surface area contributed by atoms with Crippen LogP contribution in [0.2, 0.25) is 0 Å². The molecule has 0 atom stereocenters. The maximum atomic E-state index is 13.3. The molecule has 0 aliphatic carbocycles. The second-order valence-electron chi connectivity index (χ2n) is 7.32. The topological polar surface area (TPSA) is 82.6 Å². The number of imide groups is 1. The van der Waals surface area contributed by atoms with E-state index in [0.717, 1.165) is 13.1 Å². The number of β-amino-alcohol motifs (C(OH)–C–C–N with tert-alkyl or cyclic N) is 1. The molecule has 3 rings (SSSR count). The highest BCUT2D eigenvalue weighted by molar-refractivity contribution is 6.35. The molecule has 2 heterocycles. The standard InChI is InChI=1S/C22H31N3O5/c1-3-30-16-4-9-25-21(27)19(17-5-7-18(29-2)8-6-17)20(22(25)28)24-12-10-23(11-13-24)14-15-26/h5-8,26H,3-4,9-16H2,1-2H3. The van der Waals surface area contributed by atoms with E-state index in [1.54, 1.807) is 19.2 Å². The summed E-state index contributed by atoms with van der Waals surface area (Å²) < 4.78 is 10.6. The van der Waals surface area contributed by atoms with Gasteiger partial charge < -0.3 is 19.5 Å². The van der Waals surface area contributed by atoms with Gasteiger partial charge >= 0.3 is 0 Å². The van der Waals surface area contributed by atoms with Gasteiger partial charge in [0.2, 0.25) is 0 Å². The first-order valence-corrected chi connectivity index (χ1v) is 10.5. The van der Waals surface area contributed by atoms with Crippen LogP contribution in [0, 0.1) is 0 Å². The number of piperazine rings is 1. The zero-order valence-electron chi connectivity index (χ0n) is 17.8. The molecule has 0 aromatic heterocycles. The first kappa shape index (κ1) is 22.3. The number of ether oxygens (including phenoxy) is 2. The van der Waals surface area contributed by atoms with E-state index in [1.165, 1.54) is 4.90 Å². The number of carbonyl (C=O) groups is 2. The second kappa shape index (κ2) is 10.6. The molecule has 0 unspecified atom stereocenters. The number of benzene rings is 1. The summed E-state index contributed by atoms with van der Waals surface area (Å²) in [7, 11) is 1.59. The van der Waals surface area contributed by atoms with Crippen molar-refractivity contribution in [3.05, 3.63) is 35.5 Å². The quantitative estimate of drug-likeness (QED) is 0.446. The molecule has 1 aromatic carbocycles. The SMILES string of the molecule is CCOCCCN1C(=O)C(c2ccc(OC)cc2)=C(N2CCN(CCO)CC2)C1=O. The van der Waals surface area contributed by atoms with Crippen LogP contribution in [0.5, 0.6) is 5.75 Å². The summed E-state index contributed by atoms with van der Waals surface area (Å²) >= 11 is 0. The molecule has 2 aliphatic heterocycles. The van der Waals surface area contributed by atoms with Gasteiger partial charge in [0.25, 0.3) is 11.8 Å². The van der Waals surface area contributed by atoms with Crippen LogP contribution in [0.4, 0.5) is 0 Å². The van der Waals surface area contributed by atoms with Gasteiger partial charge in [-0.15, -0.1) is 0 Å². The minimum absolute atomic E-state index is 0.116. The summed E-state index contributed by atoms with van der Waals surface area (Å²) in [4.78, 5) is 32.0. The number of aliphatic hydroxyl groups excluding tert-OH is 1. The van der Waals surface area contributed by atoms with Crippen molar-refractivity contribution in [1.82, 2.24) is 14.7 Å². The molecule has 2 amide bonds. The van der Waals surface area contributed by atoms with Crippen molar-refractivity contribution < 1.29 is 24.2 Å². The normalized spacial score (nSPS) is 18.0. The number of rotatable bonds is 10. The van der Waals surface area contributed by atoms with Crippen molar-refractivity contribution in [2.75, 3.05) is 66.2 Å². The van der Waals surface area contributed by atoms with Crippen molar-refractivity contribution in [1.29, 1.82) is 0 Å². The summed E-state index contributed by atoms with van der Waals surface area (Å²) in [5.41, 5.74) is 1.65. The van der Waals surface area contributed by atoms with E-state index >= 15 is 0 Å². The molecule has 30 heavy (non-hydrogen) atoms. The van der Waals surface area contributed by atoms with Crippen molar-refractivity contribution in [3.8, 4) is 5.75 Å². The zero-order valence-corrected chi connectivity index (χ0v) is 17.8. The molecule has 0 spiro atoms. The van der Waals surface area contributed by atoms with Crippen LogP contribution in [-0.4, -0.2) is 97.8 Å². The first-order chi connectivity index (χ1) is 14.6. The Labute approximate surface area is 177 Å². The molecular weight excluding hydrogens is 386 g/mol. The average molecular weight is 418 g/mol. The molecule has 0 radical (unpaired) electrons. The molecule has 164 valence electrons. The highest BCUT2D eigenvalue weighted by Gasteiger charge is 2.41. The van der Waals surface area contributed by atoms with E-state index in [0.29, 0.717) is 68.4 Å². The Balaban J connectivity index is 1.86. The predicted octanol–water partition coefficient (Wildman–Crippen LogP) is 0.812. The largest absolute Gasteiger partial charge is 0.497 e. The fourth-order valence-corrected chi connectivity index (χ4v) is 3.88. The first-order valence-electron chi connectivity index (χ1n) is 10.5. The maximum absolute atomic E-state index is 13.3. The average Bonchev–Trinajstić information content (AvgIpc) is 3.02. The van der Waals surface area contributed by atoms with E-state index in [4.69, 9.17) is 9.47 Å². The predicted molar refractivity (Wildman–Crippen MR) is 113 cm³/mol. The van der Waals surface area contributed by atoms with Gasteiger partial charge in [0.1, 0.15) is 11.4 Å². The van der Waals surface area contributed by atoms with Gasteiger partial charge in [-0.2, -0.15) is 0 Å². The van der Waals surface area contributed by atoms with Crippen molar-refractivity contribution in [2.24, 2.45) is 0 Å². The highest BCUT2D eigenvalue weighted by Crippen LogP contribution is 2.33. The van der Waals surface area contributed by atoms with E-state index in [2.05, 4.69) is 4.90 Å². The molecule has 8 nitrogen and oxygen atoms in total. The lowest BCUT2D eigenvalue weighted by molar-refractivity contribution is -0.137. The van der Waals surface area contributed by atoms with Crippen LogP contribution in [-0.2, 0) is 14.3 Å². The Hall–Kier alpha value is -2.42. The third-order valence-electron chi connectivity index (χ3n) is 5.50. The molecule has 0 saturated carbocycles. The lowest BCUT2D eigenvalue weighted by atomic mass is 10.0. The van der Waals surface area contributed by atoms with Crippen LogP contribution in [0.1, 0.15) is 18.9 Å². The number of hydrogen-bond donors (Lipinski definition) is 1. The number of aliphatic hydroxyl groups is 1. The summed E-state index contributed by atoms with van der Waals surface area (Å²) in [6, 6.07) is 7.25. The van der Waals surface area contributed by atoms with Crippen LogP contribution in [0.3, 0.4) is 0 Å². The maximum Gasteiger partial charge on any atom is 0.277 e. The number of methoxy groups -OCH3 is 1. The Morgan fingerprint density at radius 2 is 1.70 bits per heavy atom. The molecular formula is C22H31N3O5. The molecule has 1 N–H and O–H groups in total. The minimum atomic E-state index is -0.255. The second-order valence-corrected chi connectivity index (χ2v) is 7.32. The third-order valence-corrected chi connectivity index (χ3v) is 5.50. The minimum Gasteiger partial charge on any atom is -0.497 e. The van der Waals surface area contributed by atoms with Gasteiger partial charge in [-0.3, -0.25) is 19.4 Å². The van der Waals surface area contributed by atoms with Gasteiger partial charge in [0.15, 0.2) is 0 Å². The third kappa shape index (κ3) is 4.83. The van der Waals surface area contributed by atoms with Crippen molar-refractivity contribution in [3.63, 3.8) is 0 Å². The molecule has 1 saturated heterocycles. The summed E-state index contributed by atoms with van der Waals surface area (Å²) in [6.45, 7) is 6.88. The number of amides is 2. The van der Waals surface area contributed by atoms with E-state index in [1.807, 2.05) is 24.0 Å². The van der Waals surface area contributed by atoms with Crippen LogP contribution in [0.25, 0.3) is 5.57 Å². The Bertz CT molecular complexity index is 769. The van der Waals surface area contributed by atoms with Gasteiger partial charge in [-0.1, -0.05) is 12.1 Å². The van der Waals surface area contributed by atoms with Crippen molar-refractivity contribution in [2.45, 2.75) is 13.3 Å². The lowest BCUT2D eigenvalue weighted by Crippen LogP contribution is -2.48. The molecule has 8 heteroatoms. The Morgan fingerprint density at radius 3 is 2.30 bits per heavy atom. The van der Waals surface area contributed by atoms with Gasteiger partial charge in [0.05, 0.1) is 19.3 Å². The van der Waals surface area contributed by atoms with Crippen molar-refractivity contribution >= 4 is 17.4 Å². The van der Waals surface area contributed by atoms with E-state index in [-0.39, 0.29) is 18.4 Å². The Morgan fingerprint density at radius 1 is 1.00 bits per heavy atom. The number of nitrogens with zero attached hydrogens (tertiary/aromatic N) is 3. The molecule has 2 aliphatic rings. The van der Waals surface area contributed by atoms with E-state index in [9.17, 15) is 14.7 Å². The monoisotopic (exact) mass is 417 g/mol. The smallest absolute Gasteiger partial charge is 0.277 e. The van der Waals surface area contributed by atoms with Crippen LogP contribution >= 0.6 is 0 Å². The summed E-state index contributed by atoms with van der Waals surface area (Å²) in [5.74, 6) is 0.205. The fraction of sp³-hybridized carbons (Fsp3) is 0.545. The number of hydrogen-bond acceptors (Lipinski definition) is 7. The lowest BCUT2D eigenvalue weighted by Gasteiger charge is -2.36. The molecule has 1 fully saturated rings. The van der Waals surface area contributed by atoms with Crippen LogP contribution in [0.15, 0.2) is 30.0 Å². The molecule has 1 aromatic rings. The fourth-order valence-electron chi connectivity index (χ4n) is 3.88. The molecule has 0 bridgehead atoms. The summed E-state index contributed by atoms with van der Waals surface area (Å²) in [5, 5.41) is 9.17. The number of carbonyl (C=O) groups excluding carboxylic acids is 2. The Kier molecular flexibility index (Phi) is 7.84. The van der Waals surface area contributed by atoms with Gasteiger partial charge in [0, 0.05) is 52.5 Å². The van der Waals surface area contributed by atoms with Gasteiger partial charge in [-0.05, 0) is 31.0 Å². The zero-order chi connectivity index (χ0) is 21.5. The highest BCUT2D eigenvalue weighted by atomic mass is 16.5.